The summed E-state index contributed by atoms with van der Waals surface area (Å²) in [5.41, 5.74) is -3.26. The molecule has 0 spiro atoms. The van der Waals surface area contributed by atoms with E-state index < -0.39 is 35.2 Å². The van der Waals surface area contributed by atoms with Gasteiger partial charge >= 0.3 is 17.8 Å². The lowest BCUT2D eigenvalue weighted by molar-refractivity contribution is -0.148. The molecule has 0 N–H and O–H groups in total. The standard InChI is InChI=1S/C17H14F3N3O5S/c1-8(14(25)27-3)28-9-4-5-10-11(6-9)29-15(21-10)23-13(24)7-12(17(18,19)20)22(2)16(23)26/h4-8H,1-3H3. The van der Waals surface area contributed by atoms with Crippen molar-refractivity contribution < 1.29 is 27.4 Å². The summed E-state index contributed by atoms with van der Waals surface area (Å²) in [5, 5.41) is -0.0857. The van der Waals surface area contributed by atoms with Crippen LogP contribution in [0.25, 0.3) is 15.3 Å². The quantitative estimate of drug-likeness (QED) is 0.590. The van der Waals surface area contributed by atoms with Crippen LogP contribution in [0.5, 0.6) is 5.75 Å². The number of aromatic nitrogens is 3. The molecule has 1 aromatic carbocycles. The Morgan fingerprint density at radius 3 is 2.55 bits per heavy atom. The predicted octanol–water partition coefficient (Wildman–Crippen LogP) is 2.10. The number of carbonyl (C=O) groups excluding carboxylic acids is 1. The lowest BCUT2D eigenvalue weighted by atomic mass is 10.3. The summed E-state index contributed by atoms with van der Waals surface area (Å²) in [6, 6.07) is 4.95. The van der Waals surface area contributed by atoms with Crippen LogP contribution >= 0.6 is 11.3 Å². The highest BCUT2D eigenvalue weighted by Gasteiger charge is 2.35. The van der Waals surface area contributed by atoms with Gasteiger partial charge in [-0.05, 0) is 25.1 Å². The van der Waals surface area contributed by atoms with Gasteiger partial charge in [0.1, 0.15) is 11.4 Å². The summed E-state index contributed by atoms with van der Waals surface area (Å²) in [6.07, 6.45) is -5.71. The molecule has 2 aromatic heterocycles. The molecular formula is C17H14F3N3O5S. The van der Waals surface area contributed by atoms with Crippen LogP contribution in [0.4, 0.5) is 13.2 Å². The van der Waals surface area contributed by atoms with Gasteiger partial charge in [0.2, 0.25) is 5.13 Å². The first kappa shape index (κ1) is 20.6. The maximum absolute atomic E-state index is 13.0. The topological polar surface area (TPSA) is 92.4 Å². The summed E-state index contributed by atoms with van der Waals surface area (Å²) in [5.74, 6) is -0.256. The van der Waals surface area contributed by atoms with Crippen LogP contribution in [0.3, 0.4) is 0 Å². The van der Waals surface area contributed by atoms with Crippen molar-refractivity contribution in [2.75, 3.05) is 7.11 Å². The van der Waals surface area contributed by atoms with Crippen molar-refractivity contribution in [2.24, 2.45) is 7.05 Å². The van der Waals surface area contributed by atoms with Gasteiger partial charge in [0.05, 0.1) is 17.3 Å². The van der Waals surface area contributed by atoms with Crippen molar-refractivity contribution >= 4 is 27.5 Å². The van der Waals surface area contributed by atoms with Gasteiger partial charge in [-0.3, -0.25) is 9.36 Å². The number of alkyl halides is 3. The molecule has 3 aromatic rings. The van der Waals surface area contributed by atoms with Crippen LogP contribution in [-0.4, -0.2) is 33.3 Å². The molecule has 3 rings (SSSR count). The minimum atomic E-state index is -4.84. The zero-order chi connectivity index (χ0) is 21.5. The fourth-order valence-corrected chi connectivity index (χ4v) is 3.55. The van der Waals surface area contributed by atoms with Crippen LogP contribution in [0, 0.1) is 0 Å². The van der Waals surface area contributed by atoms with E-state index in [1.807, 2.05) is 0 Å². The highest BCUT2D eigenvalue weighted by Crippen LogP contribution is 2.29. The third kappa shape index (κ3) is 3.88. The summed E-state index contributed by atoms with van der Waals surface area (Å²) < 4.78 is 50.4. The van der Waals surface area contributed by atoms with Crippen LogP contribution in [0.1, 0.15) is 12.6 Å². The Bertz CT molecular complexity index is 1210. The number of hydrogen-bond acceptors (Lipinski definition) is 7. The number of rotatable bonds is 4. The number of fused-ring (bicyclic) bond motifs is 1. The molecule has 1 atom stereocenters. The maximum atomic E-state index is 13.0. The second-order valence-electron chi connectivity index (χ2n) is 5.95. The molecule has 0 radical (unpaired) electrons. The van der Waals surface area contributed by atoms with Gasteiger partial charge in [0.25, 0.3) is 5.56 Å². The summed E-state index contributed by atoms with van der Waals surface area (Å²) in [7, 11) is 2.15. The Hall–Kier alpha value is -3.15. The Labute approximate surface area is 164 Å². The third-order valence-electron chi connectivity index (χ3n) is 4.00. The molecule has 154 valence electrons. The average molecular weight is 429 g/mol. The van der Waals surface area contributed by atoms with Gasteiger partial charge in [-0.25, -0.2) is 19.1 Å². The fourth-order valence-electron chi connectivity index (χ4n) is 2.55. The van der Waals surface area contributed by atoms with Crippen molar-refractivity contribution in [2.45, 2.75) is 19.2 Å². The van der Waals surface area contributed by atoms with E-state index in [9.17, 15) is 27.6 Å². The molecule has 12 heteroatoms. The zero-order valence-corrected chi connectivity index (χ0v) is 16.1. The lowest BCUT2D eigenvalue weighted by Gasteiger charge is -2.12. The molecule has 8 nitrogen and oxygen atoms in total. The minimum Gasteiger partial charge on any atom is -0.479 e. The van der Waals surface area contributed by atoms with Crippen LogP contribution < -0.4 is 16.0 Å². The molecule has 0 fully saturated rings. The second kappa shape index (κ2) is 7.35. The number of hydrogen-bond donors (Lipinski definition) is 0. The summed E-state index contributed by atoms with van der Waals surface area (Å²) >= 11 is 0.917. The molecule has 0 bridgehead atoms. The number of carbonyl (C=O) groups is 1. The first-order valence-electron chi connectivity index (χ1n) is 8.08. The Morgan fingerprint density at radius 2 is 1.93 bits per heavy atom. The molecule has 0 aliphatic rings. The molecule has 0 aliphatic heterocycles. The fraction of sp³-hybridized carbons (Fsp3) is 0.294. The number of esters is 1. The number of nitrogens with zero attached hydrogens (tertiary/aromatic N) is 3. The third-order valence-corrected chi connectivity index (χ3v) is 5.00. The molecular weight excluding hydrogens is 415 g/mol. The van der Waals surface area contributed by atoms with Gasteiger partial charge in [-0.15, -0.1) is 0 Å². The van der Waals surface area contributed by atoms with E-state index in [-0.39, 0.29) is 5.13 Å². The first-order valence-corrected chi connectivity index (χ1v) is 8.90. The Balaban J connectivity index is 2.06. The average Bonchev–Trinajstić information content (AvgIpc) is 3.05. The smallest absolute Gasteiger partial charge is 0.431 e. The van der Waals surface area contributed by atoms with Crippen LogP contribution in [0.15, 0.2) is 33.9 Å². The van der Waals surface area contributed by atoms with E-state index in [1.165, 1.54) is 32.2 Å². The zero-order valence-electron chi connectivity index (χ0n) is 15.3. The first-order chi connectivity index (χ1) is 13.5. The van der Waals surface area contributed by atoms with Crippen molar-refractivity contribution in [1.82, 2.24) is 14.1 Å². The monoisotopic (exact) mass is 429 g/mol. The summed E-state index contributed by atoms with van der Waals surface area (Å²) in [6.45, 7) is 1.50. The number of thiazole rings is 1. The van der Waals surface area contributed by atoms with Gasteiger partial charge in [0.15, 0.2) is 6.10 Å². The number of halogens is 3. The summed E-state index contributed by atoms with van der Waals surface area (Å²) in [4.78, 5) is 40.2. The van der Waals surface area contributed by atoms with Crippen molar-refractivity contribution in [1.29, 1.82) is 0 Å². The van der Waals surface area contributed by atoms with E-state index in [4.69, 9.17) is 4.74 Å². The molecule has 29 heavy (non-hydrogen) atoms. The van der Waals surface area contributed by atoms with Gasteiger partial charge < -0.3 is 9.47 Å². The number of benzene rings is 1. The number of methoxy groups -OCH3 is 1. The van der Waals surface area contributed by atoms with Crippen molar-refractivity contribution in [3.05, 3.63) is 50.8 Å². The predicted molar refractivity (Wildman–Crippen MR) is 97.6 cm³/mol. The Kier molecular flexibility index (Phi) is 5.22. The second-order valence-corrected chi connectivity index (χ2v) is 6.96. The normalized spacial score (nSPS) is 12.8. The van der Waals surface area contributed by atoms with Gasteiger partial charge in [-0.1, -0.05) is 11.3 Å². The van der Waals surface area contributed by atoms with E-state index in [2.05, 4.69) is 9.72 Å². The van der Waals surface area contributed by atoms with Crippen LogP contribution in [-0.2, 0) is 22.8 Å². The highest BCUT2D eigenvalue weighted by atomic mass is 32.1. The van der Waals surface area contributed by atoms with Gasteiger partial charge in [-0.2, -0.15) is 13.2 Å². The Morgan fingerprint density at radius 1 is 1.24 bits per heavy atom. The lowest BCUT2D eigenvalue weighted by Crippen LogP contribution is -2.40. The van der Waals surface area contributed by atoms with Crippen molar-refractivity contribution in [3.8, 4) is 10.9 Å². The van der Waals surface area contributed by atoms with E-state index in [0.717, 1.165) is 18.4 Å². The molecule has 0 saturated carbocycles. The van der Waals surface area contributed by atoms with Crippen LogP contribution in [0.2, 0.25) is 0 Å². The largest absolute Gasteiger partial charge is 0.479 e. The molecule has 0 saturated heterocycles. The van der Waals surface area contributed by atoms with Gasteiger partial charge in [0, 0.05) is 13.1 Å². The molecule has 0 aliphatic carbocycles. The molecule has 1 unspecified atom stereocenters. The van der Waals surface area contributed by atoms with E-state index in [1.54, 1.807) is 0 Å². The molecule has 0 amide bonds. The highest BCUT2D eigenvalue weighted by molar-refractivity contribution is 7.20. The minimum absolute atomic E-state index is 0.0857. The van der Waals surface area contributed by atoms with Crippen molar-refractivity contribution in [3.63, 3.8) is 0 Å². The molecule has 2 heterocycles. The SMILES string of the molecule is COC(=O)C(C)Oc1ccc2nc(-n3c(=O)cc(C(F)(F)F)n(C)c3=O)sc2c1. The van der Waals surface area contributed by atoms with E-state index >= 15 is 0 Å². The maximum Gasteiger partial charge on any atom is 0.431 e. The number of ether oxygens (including phenoxy) is 2. The van der Waals surface area contributed by atoms with E-state index in [0.29, 0.717) is 31.2 Å².